The molecule has 0 spiro atoms. The Hall–Kier alpha value is -3.83. The molecule has 0 fully saturated rings. The molecule has 0 saturated carbocycles. The van der Waals surface area contributed by atoms with Crippen LogP contribution in [-0.2, 0) is 19.6 Å². The number of aromatic hydroxyl groups is 1. The highest BCUT2D eigenvalue weighted by Gasteiger charge is 2.33. The summed E-state index contributed by atoms with van der Waals surface area (Å²) in [6.07, 6.45) is 3.88. The number of allylic oxidation sites excluding steroid dienone is 1. The summed E-state index contributed by atoms with van der Waals surface area (Å²) >= 11 is 0. The summed E-state index contributed by atoms with van der Waals surface area (Å²) < 4.78 is 8.34. The Morgan fingerprint density at radius 3 is 2.56 bits per heavy atom. The molecule has 1 aromatic heterocycles. The average Bonchev–Trinajstić information content (AvgIpc) is 3.35. The number of para-hydroxylation sites is 1. The lowest BCUT2D eigenvalue weighted by Crippen LogP contribution is -2.17. The van der Waals surface area contributed by atoms with E-state index in [1.165, 1.54) is 5.56 Å². The number of ketones is 1. The first-order valence-corrected chi connectivity index (χ1v) is 11.6. The fraction of sp³-hybridized carbons (Fsp3) is 0.207. The van der Waals surface area contributed by atoms with Gasteiger partial charge in [-0.2, -0.15) is 0 Å². The number of ether oxygens (including phenoxy) is 1. The number of hydrogen-bond donors (Lipinski definition) is 1. The molecule has 0 amide bonds. The van der Waals surface area contributed by atoms with Crippen molar-refractivity contribution in [3.63, 3.8) is 0 Å². The topological polar surface area (TPSA) is 54.7 Å². The number of phenols is 1. The Morgan fingerprint density at radius 2 is 1.79 bits per heavy atom. The van der Waals surface area contributed by atoms with Gasteiger partial charge in [-0.3, -0.25) is 9.69 Å². The number of aromatic nitrogens is 1. The molecule has 0 radical (unpaired) electrons. The number of phenolic OH excluding ortho intramolecular Hbond substituents is 1. The summed E-state index contributed by atoms with van der Waals surface area (Å²) in [6.45, 7) is 5.95. The Kier molecular flexibility index (Phi) is 5.72. The predicted octanol–water partition coefficient (Wildman–Crippen LogP) is 5.92. The Morgan fingerprint density at radius 1 is 1.06 bits per heavy atom. The highest BCUT2D eigenvalue weighted by molar-refractivity contribution is 6.16. The van der Waals surface area contributed by atoms with Crippen LogP contribution in [-0.4, -0.2) is 27.4 Å². The van der Waals surface area contributed by atoms with Crippen LogP contribution in [0.25, 0.3) is 17.0 Å². The monoisotopic (exact) mass is 452 g/mol. The van der Waals surface area contributed by atoms with Gasteiger partial charge in [-0.25, -0.2) is 0 Å². The largest absolute Gasteiger partial charge is 0.507 e. The number of benzene rings is 3. The SMILES string of the molecule is CCn1cc(/C=C2\Oc3c(CN(C)Cc4ccccc4)c(O)cc(C)c3C2=O)c2ccccc21. The van der Waals surface area contributed by atoms with Crippen LogP contribution in [0.15, 0.2) is 72.6 Å². The van der Waals surface area contributed by atoms with E-state index in [4.69, 9.17) is 4.74 Å². The molecule has 5 heteroatoms. The third-order valence-corrected chi connectivity index (χ3v) is 6.39. The van der Waals surface area contributed by atoms with E-state index >= 15 is 0 Å². The van der Waals surface area contributed by atoms with Gasteiger partial charge >= 0.3 is 0 Å². The van der Waals surface area contributed by atoms with Crippen LogP contribution in [0, 0.1) is 6.92 Å². The van der Waals surface area contributed by atoms with Crippen LogP contribution in [0.3, 0.4) is 0 Å². The van der Waals surface area contributed by atoms with Crippen molar-refractivity contribution in [3.8, 4) is 11.5 Å². The number of carbonyl (C=O) groups excluding carboxylic acids is 1. The van der Waals surface area contributed by atoms with Crippen molar-refractivity contribution in [1.29, 1.82) is 0 Å². The zero-order chi connectivity index (χ0) is 23.8. The predicted molar refractivity (Wildman–Crippen MR) is 135 cm³/mol. The number of rotatable bonds is 6. The average molecular weight is 453 g/mol. The van der Waals surface area contributed by atoms with Gasteiger partial charge in [-0.1, -0.05) is 48.5 Å². The Balaban J connectivity index is 1.50. The van der Waals surface area contributed by atoms with E-state index in [1.54, 1.807) is 6.07 Å². The van der Waals surface area contributed by atoms with Crippen molar-refractivity contribution < 1.29 is 14.6 Å². The van der Waals surface area contributed by atoms with E-state index in [0.717, 1.165) is 29.6 Å². The molecule has 2 heterocycles. The van der Waals surface area contributed by atoms with E-state index in [1.807, 2.05) is 50.4 Å². The van der Waals surface area contributed by atoms with Crippen LogP contribution >= 0.6 is 0 Å². The van der Waals surface area contributed by atoms with Crippen molar-refractivity contribution in [2.24, 2.45) is 0 Å². The lowest BCUT2D eigenvalue weighted by molar-refractivity contribution is 0.101. The third-order valence-electron chi connectivity index (χ3n) is 6.39. The summed E-state index contributed by atoms with van der Waals surface area (Å²) in [4.78, 5) is 15.5. The zero-order valence-corrected chi connectivity index (χ0v) is 19.7. The first-order chi connectivity index (χ1) is 16.5. The van der Waals surface area contributed by atoms with Gasteiger partial charge in [0, 0.05) is 42.3 Å². The third kappa shape index (κ3) is 3.88. The molecule has 5 nitrogen and oxygen atoms in total. The summed E-state index contributed by atoms with van der Waals surface area (Å²) in [5.41, 5.74) is 5.12. The summed E-state index contributed by atoms with van der Waals surface area (Å²) in [6, 6.07) is 20.0. The lowest BCUT2D eigenvalue weighted by atomic mass is 9.99. The standard InChI is InChI=1S/C29H28N2O3/c1-4-31-17-21(22-12-8-9-13-24(22)31)15-26-28(33)27-19(2)14-25(32)23(29(27)34-26)18-30(3)16-20-10-6-5-7-11-20/h5-15,17,32H,4,16,18H2,1-3H3/b26-15-. The second kappa shape index (κ2) is 8.84. The minimum atomic E-state index is -0.146. The molecule has 172 valence electrons. The second-order valence-corrected chi connectivity index (χ2v) is 8.88. The molecule has 1 N–H and O–H groups in total. The fourth-order valence-electron chi connectivity index (χ4n) is 4.75. The van der Waals surface area contributed by atoms with Crippen molar-refractivity contribution in [1.82, 2.24) is 9.47 Å². The molecular weight excluding hydrogens is 424 g/mol. The minimum absolute atomic E-state index is 0.146. The van der Waals surface area contributed by atoms with Crippen molar-refractivity contribution in [2.75, 3.05) is 7.05 Å². The zero-order valence-electron chi connectivity index (χ0n) is 19.7. The molecule has 0 unspecified atom stereocenters. The second-order valence-electron chi connectivity index (χ2n) is 8.88. The molecule has 4 aromatic rings. The molecule has 0 saturated heterocycles. The van der Waals surface area contributed by atoms with E-state index in [0.29, 0.717) is 29.0 Å². The number of Topliss-reactive ketones (excluding diaryl/α,β-unsaturated/α-hetero) is 1. The van der Waals surface area contributed by atoms with Gasteiger partial charge in [-0.15, -0.1) is 0 Å². The number of carbonyl (C=O) groups is 1. The van der Waals surface area contributed by atoms with Gasteiger partial charge in [0.25, 0.3) is 0 Å². The quantitative estimate of drug-likeness (QED) is 0.369. The van der Waals surface area contributed by atoms with Crippen LogP contribution in [0.4, 0.5) is 0 Å². The maximum atomic E-state index is 13.4. The van der Waals surface area contributed by atoms with Crippen LogP contribution in [0.5, 0.6) is 11.5 Å². The summed E-state index contributed by atoms with van der Waals surface area (Å²) in [5.74, 6) is 0.753. The van der Waals surface area contributed by atoms with Crippen LogP contribution in [0.1, 0.15) is 39.5 Å². The molecule has 5 rings (SSSR count). The van der Waals surface area contributed by atoms with Gasteiger partial charge in [0.05, 0.1) is 11.1 Å². The van der Waals surface area contributed by atoms with Gasteiger partial charge in [0.2, 0.25) is 5.78 Å². The number of aryl methyl sites for hydroxylation is 2. The number of nitrogens with zero attached hydrogens (tertiary/aromatic N) is 2. The maximum Gasteiger partial charge on any atom is 0.232 e. The number of hydrogen-bond acceptors (Lipinski definition) is 4. The highest BCUT2D eigenvalue weighted by Crippen LogP contribution is 2.42. The molecular formula is C29H28N2O3. The smallest absolute Gasteiger partial charge is 0.232 e. The van der Waals surface area contributed by atoms with Crippen molar-refractivity contribution in [3.05, 3.63) is 100 Å². The van der Waals surface area contributed by atoms with Crippen LogP contribution in [0.2, 0.25) is 0 Å². The molecule has 0 atom stereocenters. The molecule has 0 aliphatic carbocycles. The summed E-state index contributed by atoms with van der Waals surface area (Å²) in [5, 5.41) is 11.8. The van der Waals surface area contributed by atoms with Crippen LogP contribution < -0.4 is 4.74 Å². The van der Waals surface area contributed by atoms with Gasteiger partial charge in [0.15, 0.2) is 5.76 Å². The van der Waals surface area contributed by atoms with Crippen molar-refractivity contribution >= 4 is 22.8 Å². The van der Waals surface area contributed by atoms with Gasteiger partial charge in [0.1, 0.15) is 11.5 Å². The highest BCUT2D eigenvalue weighted by atomic mass is 16.5. The minimum Gasteiger partial charge on any atom is -0.507 e. The molecule has 1 aliphatic heterocycles. The van der Waals surface area contributed by atoms with Gasteiger partial charge in [-0.05, 0) is 50.2 Å². The first kappa shape index (κ1) is 22.0. The molecule has 0 bridgehead atoms. The van der Waals surface area contributed by atoms with Crippen molar-refractivity contribution in [2.45, 2.75) is 33.5 Å². The van der Waals surface area contributed by atoms with E-state index in [2.05, 4.69) is 46.9 Å². The lowest BCUT2D eigenvalue weighted by Gasteiger charge is -2.19. The van der Waals surface area contributed by atoms with Gasteiger partial charge < -0.3 is 14.4 Å². The molecule has 1 aliphatic rings. The Bertz CT molecular complexity index is 1420. The van der Waals surface area contributed by atoms with E-state index < -0.39 is 0 Å². The first-order valence-electron chi connectivity index (χ1n) is 11.6. The van der Waals surface area contributed by atoms with E-state index in [-0.39, 0.29) is 17.3 Å². The molecule has 34 heavy (non-hydrogen) atoms. The normalized spacial score (nSPS) is 14.2. The molecule has 3 aromatic carbocycles. The Labute approximate surface area is 199 Å². The van der Waals surface area contributed by atoms with E-state index in [9.17, 15) is 9.90 Å². The maximum absolute atomic E-state index is 13.4. The fourth-order valence-corrected chi connectivity index (χ4v) is 4.75. The number of fused-ring (bicyclic) bond motifs is 2. The summed E-state index contributed by atoms with van der Waals surface area (Å²) in [7, 11) is 1.99.